The van der Waals surface area contributed by atoms with Crippen LogP contribution in [-0.2, 0) is 19.0 Å². The SMILES string of the molecule is COc1ccc(C[C@@H]2c3cc(OC)c(OC)cc3CCN2C(=S)Nc2cccc(C(F)(F)F)c2)cc1OC. The van der Waals surface area contributed by atoms with Gasteiger partial charge in [-0.05, 0) is 84.2 Å². The molecule has 1 N–H and O–H groups in total. The van der Waals surface area contributed by atoms with Gasteiger partial charge in [0.05, 0.1) is 40.0 Å². The number of hydrogen-bond donors (Lipinski definition) is 1. The topological polar surface area (TPSA) is 52.2 Å². The summed E-state index contributed by atoms with van der Waals surface area (Å²) < 4.78 is 61.7. The van der Waals surface area contributed by atoms with Crippen LogP contribution in [0.3, 0.4) is 0 Å². The van der Waals surface area contributed by atoms with E-state index in [4.69, 9.17) is 31.2 Å². The van der Waals surface area contributed by atoms with E-state index in [0.717, 1.165) is 28.8 Å². The molecule has 1 heterocycles. The van der Waals surface area contributed by atoms with Crippen molar-refractivity contribution < 1.29 is 32.1 Å². The smallest absolute Gasteiger partial charge is 0.416 e. The fraction of sp³-hybridized carbons (Fsp3) is 0.321. The van der Waals surface area contributed by atoms with E-state index in [2.05, 4.69) is 5.32 Å². The predicted octanol–water partition coefficient (Wildman–Crippen LogP) is 6.28. The lowest BCUT2D eigenvalue weighted by molar-refractivity contribution is -0.137. The second-order valence-electron chi connectivity index (χ2n) is 8.77. The third kappa shape index (κ3) is 5.75. The van der Waals surface area contributed by atoms with Crippen molar-refractivity contribution in [1.82, 2.24) is 4.90 Å². The summed E-state index contributed by atoms with van der Waals surface area (Å²) in [4.78, 5) is 2.00. The Kier molecular flexibility index (Phi) is 8.20. The number of alkyl halides is 3. The summed E-state index contributed by atoms with van der Waals surface area (Å²) in [6, 6.07) is 14.4. The molecule has 0 saturated heterocycles. The van der Waals surface area contributed by atoms with Crippen molar-refractivity contribution in [2.45, 2.75) is 25.1 Å². The van der Waals surface area contributed by atoms with Crippen LogP contribution in [0.25, 0.3) is 0 Å². The standard InChI is InChI=1S/C28H29F3N2O4S/c1-34-23-9-8-17(13-24(23)35-2)12-22-21-16-26(37-4)25(36-3)14-18(21)10-11-33(22)27(38)32-20-7-5-6-19(15-20)28(29,30)31/h5-9,13-16,22H,10-12H2,1-4H3,(H,32,38)/t22-/m1/s1. The molecule has 6 nitrogen and oxygen atoms in total. The molecule has 0 aliphatic carbocycles. The summed E-state index contributed by atoms with van der Waals surface area (Å²) in [6.45, 7) is 0.561. The summed E-state index contributed by atoms with van der Waals surface area (Å²) in [5.41, 5.74) is 2.59. The zero-order valence-electron chi connectivity index (χ0n) is 21.5. The number of thiocarbonyl (C=S) groups is 1. The second-order valence-corrected chi connectivity index (χ2v) is 9.15. The van der Waals surface area contributed by atoms with Gasteiger partial charge in [0.25, 0.3) is 0 Å². The average Bonchev–Trinajstić information content (AvgIpc) is 2.91. The number of nitrogens with one attached hydrogen (secondary N) is 1. The molecule has 38 heavy (non-hydrogen) atoms. The van der Waals surface area contributed by atoms with E-state index in [0.29, 0.717) is 47.5 Å². The number of rotatable bonds is 7. The summed E-state index contributed by atoms with van der Waals surface area (Å²) in [5, 5.41) is 3.35. The van der Waals surface area contributed by atoms with Crippen molar-refractivity contribution in [2.75, 3.05) is 40.3 Å². The first-order chi connectivity index (χ1) is 18.2. The Bertz CT molecular complexity index is 1320. The van der Waals surface area contributed by atoms with Gasteiger partial charge < -0.3 is 29.2 Å². The maximum absolute atomic E-state index is 13.3. The number of ether oxygens (including phenoxy) is 4. The van der Waals surface area contributed by atoms with Crippen LogP contribution in [0.2, 0.25) is 0 Å². The fourth-order valence-electron chi connectivity index (χ4n) is 4.69. The van der Waals surface area contributed by atoms with Gasteiger partial charge in [0, 0.05) is 12.2 Å². The second kappa shape index (κ2) is 11.4. The van der Waals surface area contributed by atoms with Gasteiger partial charge in [-0.3, -0.25) is 0 Å². The van der Waals surface area contributed by atoms with E-state index in [-0.39, 0.29) is 11.7 Å². The molecular weight excluding hydrogens is 517 g/mol. The molecule has 1 aliphatic heterocycles. The minimum absolute atomic E-state index is 0.234. The number of nitrogens with zero attached hydrogens (tertiary/aromatic N) is 1. The molecule has 202 valence electrons. The molecule has 3 aromatic rings. The van der Waals surface area contributed by atoms with Crippen molar-refractivity contribution in [3.63, 3.8) is 0 Å². The molecule has 1 atom stereocenters. The van der Waals surface area contributed by atoms with Crippen molar-refractivity contribution in [3.05, 3.63) is 76.9 Å². The molecule has 0 radical (unpaired) electrons. The monoisotopic (exact) mass is 546 g/mol. The van der Waals surface area contributed by atoms with E-state index < -0.39 is 11.7 Å². The summed E-state index contributed by atoms with van der Waals surface area (Å²) in [7, 11) is 6.33. The van der Waals surface area contributed by atoms with Gasteiger partial charge in [-0.1, -0.05) is 12.1 Å². The lowest BCUT2D eigenvalue weighted by atomic mass is 9.88. The van der Waals surface area contributed by atoms with E-state index in [1.54, 1.807) is 34.5 Å². The quantitative estimate of drug-likeness (QED) is 0.350. The molecule has 3 aromatic carbocycles. The van der Waals surface area contributed by atoms with Gasteiger partial charge in [-0.25, -0.2) is 0 Å². The first-order valence-corrected chi connectivity index (χ1v) is 12.3. The van der Waals surface area contributed by atoms with Crippen LogP contribution in [0.4, 0.5) is 18.9 Å². The van der Waals surface area contributed by atoms with Gasteiger partial charge >= 0.3 is 6.18 Å². The van der Waals surface area contributed by atoms with Crippen molar-refractivity contribution in [3.8, 4) is 23.0 Å². The minimum Gasteiger partial charge on any atom is -0.493 e. The highest BCUT2D eigenvalue weighted by Gasteiger charge is 2.33. The third-order valence-electron chi connectivity index (χ3n) is 6.58. The summed E-state index contributed by atoms with van der Waals surface area (Å²) >= 11 is 5.75. The largest absolute Gasteiger partial charge is 0.493 e. The van der Waals surface area contributed by atoms with Gasteiger partial charge in [0.15, 0.2) is 28.1 Å². The van der Waals surface area contributed by atoms with E-state index in [9.17, 15) is 13.2 Å². The molecular formula is C28H29F3N2O4S. The summed E-state index contributed by atoms with van der Waals surface area (Å²) in [5.74, 6) is 2.44. The lowest BCUT2D eigenvalue weighted by Gasteiger charge is -2.39. The Balaban J connectivity index is 1.71. The highest BCUT2D eigenvalue weighted by Crippen LogP contribution is 2.41. The lowest BCUT2D eigenvalue weighted by Crippen LogP contribution is -2.43. The molecule has 1 aliphatic rings. The highest BCUT2D eigenvalue weighted by molar-refractivity contribution is 7.80. The number of anilines is 1. The first kappa shape index (κ1) is 27.4. The van der Waals surface area contributed by atoms with Crippen LogP contribution in [0, 0.1) is 0 Å². The van der Waals surface area contributed by atoms with Crippen molar-refractivity contribution in [2.24, 2.45) is 0 Å². The Morgan fingerprint density at radius 2 is 1.55 bits per heavy atom. The van der Waals surface area contributed by atoms with E-state index in [1.807, 2.05) is 35.2 Å². The van der Waals surface area contributed by atoms with Crippen LogP contribution in [0.15, 0.2) is 54.6 Å². The average molecular weight is 547 g/mol. The van der Waals surface area contributed by atoms with Crippen LogP contribution in [0.5, 0.6) is 23.0 Å². The van der Waals surface area contributed by atoms with E-state index >= 15 is 0 Å². The van der Waals surface area contributed by atoms with E-state index in [1.165, 1.54) is 6.07 Å². The van der Waals surface area contributed by atoms with Gasteiger partial charge in [0.2, 0.25) is 0 Å². The van der Waals surface area contributed by atoms with Gasteiger partial charge in [-0.15, -0.1) is 0 Å². The highest BCUT2D eigenvalue weighted by atomic mass is 32.1. The molecule has 0 unspecified atom stereocenters. The molecule has 0 spiro atoms. The molecule has 0 saturated carbocycles. The summed E-state index contributed by atoms with van der Waals surface area (Å²) in [6.07, 6.45) is -3.23. The number of halogens is 3. The minimum atomic E-state index is -4.45. The maximum atomic E-state index is 13.3. The number of benzene rings is 3. The van der Waals surface area contributed by atoms with Crippen LogP contribution < -0.4 is 24.3 Å². The van der Waals surface area contributed by atoms with Gasteiger partial charge in [0.1, 0.15) is 0 Å². The molecule has 0 amide bonds. The van der Waals surface area contributed by atoms with Crippen molar-refractivity contribution >= 4 is 23.0 Å². The first-order valence-electron chi connectivity index (χ1n) is 11.9. The molecule has 0 fully saturated rings. The predicted molar refractivity (Wildman–Crippen MR) is 144 cm³/mol. The fourth-order valence-corrected chi connectivity index (χ4v) is 5.03. The Morgan fingerprint density at radius 1 is 0.895 bits per heavy atom. The molecule has 10 heteroatoms. The normalized spacial score (nSPS) is 14.9. The van der Waals surface area contributed by atoms with Gasteiger partial charge in [-0.2, -0.15) is 13.2 Å². The van der Waals surface area contributed by atoms with Crippen LogP contribution in [0.1, 0.15) is 28.3 Å². The van der Waals surface area contributed by atoms with Crippen LogP contribution >= 0.6 is 12.2 Å². The Hall–Kier alpha value is -3.66. The number of hydrogen-bond acceptors (Lipinski definition) is 5. The number of methoxy groups -OCH3 is 4. The zero-order valence-corrected chi connectivity index (χ0v) is 22.3. The Labute approximate surface area is 225 Å². The Morgan fingerprint density at radius 3 is 2.21 bits per heavy atom. The molecule has 0 aromatic heterocycles. The zero-order chi connectivity index (χ0) is 27.4. The molecule has 4 rings (SSSR count). The number of fused-ring (bicyclic) bond motifs is 1. The maximum Gasteiger partial charge on any atom is 0.416 e. The third-order valence-corrected chi connectivity index (χ3v) is 6.92. The van der Waals surface area contributed by atoms with Crippen molar-refractivity contribution in [1.29, 1.82) is 0 Å². The molecule has 0 bridgehead atoms. The van der Waals surface area contributed by atoms with Crippen LogP contribution in [-0.4, -0.2) is 45.0 Å².